The van der Waals surface area contributed by atoms with Crippen LogP contribution in [0.25, 0.3) is 0 Å². The Bertz CT molecular complexity index is 695. The second-order valence-corrected chi connectivity index (χ2v) is 7.66. The molecule has 0 spiro atoms. The molecule has 1 aromatic heterocycles. The monoisotopic (exact) mass is 368 g/mol. The van der Waals surface area contributed by atoms with Gasteiger partial charge in [0.2, 0.25) is 5.91 Å². The maximum Gasteiger partial charge on any atom is 0.406 e. The number of hydrogen-bond acceptors (Lipinski definition) is 4. The van der Waals surface area contributed by atoms with E-state index in [4.69, 9.17) is 0 Å². The summed E-state index contributed by atoms with van der Waals surface area (Å²) in [6.45, 7) is 1.17. The molecule has 2 aliphatic heterocycles. The molecule has 3 aliphatic rings. The van der Waals surface area contributed by atoms with Crippen LogP contribution in [0.15, 0.2) is 18.3 Å². The average Bonchev–Trinajstić information content (AvgIpc) is 3.08. The second kappa shape index (κ2) is 6.49. The van der Waals surface area contributed by atoms with Gasteiger partial charge in [-0.15, -0.1) is 0 Å². The number of carbonyl (C=O) groups excluding carboxylic acids is 1. The van der Waals surface area contributed by atoms with Gasteiger partial charge in [-0.25, -0.2) is 0 Å². The smallest absolute Gasteiger partial charge is 0.330 e. The van der Waals surface area contributed by atoms with Crippen molar-refractivity contribution < 1.29 is 18.0 Å². The first-order valence-electron chi connectivity index (χ1n) is 9.12. The van der Waals surface area contributed by atoms with E-state index in [0.29, 0.717) is 13.0 Å². The van der Waals surface area contributed by atoms with Gasteiger partial charge < -0.3 is 4.90 Å². The third kappa shape index (κ3) is 3.09. The van der Waals surface area contributed by atoms with Crippen LogP contribution in [0.3, 0.4) is 0 Å². The van der Waals surface area contributed by atoms with Crippen LogP contribution in [0.5, 0.6) is 0 Å². The third-order valence-electron chi connectivity index (χ3n) is 6.19. The summed E-state index contributed by atoms with van der Waals surface area (Å²) in [6.07, 6.45) is -0.384. The largest absolute Gasteiger partial charge is 0.406 e. The Morgan fingerprint density at radius 3 is 2.88 bits per heavy atom. The van der Waals surface area contributed by atoms with Crippen molar-refractivity contribution in [3.05, 3.63) is 29.6 Å². The van der Waals surface area contributed by atoms with Crippen LogP contribution < -0.4 is 10.9 Å². The van der Waals surface area contributed by atoms with Crippen molar-refractivity contribution in [3.8, 4) is 0 Å². The van der Waals surface area contributed by atoms with E-state index in [9.17, 15) is 18.0 Å². The summed E-state index contributed by atoms with van der Waals surface area (Å²) in [5.74, 6) is -0.604. The Labute approximate surface area is 150 Å². The molecule has 26 heavy (non-hydrogen) atoms. The van der Waals surface area contributed by atoms with E-state index in [2.05, 4.69) is 15.8 Å². The number of halogens is 3. The normalized spacial score (nSPS) is 34.5. The molecular weight excluding hydrogens is 345 g/mol. The standard InChI is InChI=1S/C18H23F3N4O/c1-10-12(3-2-6-22-10)11-4-5-13-15(7-11)25(9-18(19,20)21)17(26)14-8-23-24-16(13)14/h2-3,6,11,13-16,23-24H,4-5,7-9H2,1H3. The van der Waals surface area contributed by atoms with Crippen molar-refractivity contribution in [3.63, 3.8) is 0 Å². The van der Waals surface area contributed by atoms with Gasteiger partial charge in [0.1, 0.15) is 6.54 Å². The van der Waals surface area contributed by atoms with Crippen molar-refractivity contribution in [1.82, 2.24) is 20.7 Å². The summed E-state index contributed by atoms with van der Waals surface area (Å²) in [5, 5.41) is 0. The highest BCUT2D eigenvalue weighted by molar-refractivity contribution is 5.82. The number of rotatable bonds is 2. The van der Waals surface area contributed by atoms with Gasteiger partial charge in [0.15, 0.2) is 0 Å². The van der Waals surface area contributed by atoms with Crippen molar-refractivity contribution in [2.75, 3.05) is 13.1 Å². The minimum atomic E-state index is -4.39. The Balaban J connectivity index is 1.64. The summed E-state index contributed by atoms with van der Waals surface area (Å²) in [7, 11) is 0. The van der Waals surface area contributed by atoms with E-state index in [0.717, 1.165) is 29.0 Å². The van der Waals surface area contributed by atoms with Gasteiger partial charge >= 0.3 is 6.18 Å². The van der Waals surface area contributed by atoms with E-state index in [-0.39, 0.29) is 23.8 Å². The Kier molecular flexibility index (Phi) is 4.43. The molecule has 4 rings (SSSR count). The minimum Gasteiger partial charge on any atom is -0.330 e. The third-order valence-corrected chi connectivity index (χ3v) is 6.19. The molecule has 5 nitrogen and oxygen atoms in total. The van der Waals surface area contributed by atoms with Gasteiger partial charge in [-0.05, 0) is 49.7 Å². The number of nitrogens with zero attached hydrogens (tertiary/aromatic N) is 2. The molecule has 0 bridgehead atoms. The van der Waals surface area contributed by atoms with E-state index in [1.165, 1.54) is 0 Å². The van der Waals surface area contributed by atoms with Crippen LogP contribution in [0.1, 0.15) is 36.4 Å². The molecule has 0 radical (unpaired) electrons. The molecule has 142 valence electrons. The first-order valence-corrected chi connectivity index (χ1v) is 9.12. The number of aryl methyl sites for hydroxylation is 1. The molecule has 8 heteroatoms. The summed E-state index contributed by atoms with van der Waals surface area (Å²) < 4.78 is 39.5. The van der Waals surface area contributed by atoms with Crippen LogP contribution in [-0.2, 0) is 4.79 Å². The number of likely N-dealkylation sites (tertiary alicyclic amines) is 1. The van der Waals surface area contributed by atoms with Crippen LogP contribution in [-0.4, -0.2) is 47.1 Å². The van der Waals surface area contributed by atoms with Crippen molar-refractivity contribution in [1.29, 1.82) is 0 Å². The highest BCUT2D eigenvalue weighted by Gasteiger charge is 2.54. The molecule has 3 fully saturated rings. The quantitative estimate of drug-likeness (QED) is 0.840. The first-order chi connectivity index (χ1) is 12.3. The number of carbonyl (C=O) groups is 1. The lowest BCUT2D eigenvalue weighted by molar-refractivity contribution is -0.178. The number of alkyl halides is 3. The number of fused-ring (bicyclic) bond motifs is 3. The molecule has 5 atom stereocenters. The number of nitrogens with one attached hydrogen (secondary N) is 2. The number of hydrazine groups is 1. The fourth-order valence-electron chi connectivity index (χ4n) is 5.08. The maximum absolute atomic E-state index is 13.2. The lowest BCUT2D eigenvalue weighted by Crippen LogP contribution is -2.63. The number of hydrogen-bond donors (Lipinski definition) is 2. The lowest BCUT2D eigenvalue weighted by atomic mass is 9.67. The van der Waals surface area contributed by atoms with Gasteiger partial charge in [-0.2, -0.15) is 13.2 Å². The van der Waals surface area contributed by atoms with E-state index in [1.54, 1.807) is 6.20 Å². The summed E-state index contributed by atoms with van der Waals surface area (Å²) in [5.41, 5.74) is 8.12. The molecule has 1 aromatic rings. The zero-order valence-corrected chi connectivity index (χ0v) is 14.6. The number of aromatic nitrogens is 1. The fraction of sp³-hybridized carbons (Fsp3) is 0.667. The molecule has 5 unspecified atom stereocenters. The maximum atomic E-state index is 13.2. The molecule has 1 saturated carbocycles. The molecule has 2 saturated heterocycles. The van der Waals surface area contributed by atoms with Gasteiger partial charge in [-0.1, -0.05) is 6.07 Å². The predicted octanol–water partition coefficient (Wildman–Crippen LogP) is 2.14. The summed E-state index contributed by atoms with van der Waals surface area (Å²) in [6, 6.07) is 3.40. The number of piperidine rings is 1. The van der Waals surface area contributed by atoms with Crippen LogP contribution in [0, 0.1) is 18.8 Å². The minimum absolute atomic E-state index is 0.0447. The highest BCUT2D eigenvalue weighted by Crippen LogP contribution is 2.45. The summed E-state index contributed by atoms with van der Waals surface area (Å²) in [4.78, 5) is 18.2. The zero-order chi connectivity index (χ0) is 18.5. The highest BCUT2D eigenvalue weighted by atomic mass is 19.4. The van der Waals surface area contributed by atoms with Gasteiger partial charge in [-0.3, -0.25) is 20.6 Å². The fourth-order valence-corrected chi connectivity index (χ4v) is 5.08. The Morgan fingerprint density at radius 2 is 2.15 bits per heavy atom. The van der Waals surface area contributed by atoms with E-state index in [1.807, 2.05) is 19.1 Å². The zero-order valence-electron chi connectivity index (χ0n) is 14.6. The van der Waals surface area contributed by atoms with Crippen molar-refractivity contribution in [2.45, 2.75) is 50.4 Å². The molecular formula is C18H23F3N4O. The molecule has 0 aromatic carbocycles. The Hall–Kier alpha value is -1.67. The SMILES string of the molecule is Cc1ncccc1C1CCC2C3NNCC3C(=O)N(CC(F)(F)F)C2C1. The van der Waals surface area contributed by atoms with Gasteiger partial charge in [0.05, 0.1) is 5.92 Å². The Morgan fingerprint density at radius 1 is 1.35 bits per heavy atom. The first kappa shape index (κ1) is 17.7. The summed E-state index contributed by atoms with van der Waals surface area (Å²) >= 11 is 0. The van der Waals surface area contributed by atoms with Gasteiger partial charge in [0, 0.05) is 30.5 Å². The lowest BCUT2D eigenvalue weighted by Gasteiger charge is -2.50. The van der Waals surface area contributed by atoms with Crippen LogP contribution in [0.4, 0.5) is 13.2 Å². The predicted molar refractivity (Wildman–Crippen MR) is 89.0 cm³/mol. The van der Waals surface area contributed by atoms with E-state index < -0.39 is 24.7 Å². The van der Waals surface area contributed by atoms with Crippen LogP contribution >= 0.6 is 0 Å². The van der Waals surface area contributed by atoms with Crippen LogP contribution in [0.2, 0.25) is 0 Å². The molecule has 2 N–H and O–H groups in total. The topological polar surface area (TPSA) is 57.3 Å². The van der Waals surface area contributed by atoms with Gasteiger partial charge in [0.25, 0.3) is 0 Å². The molecule has 3 heterocycles. The molecule has 1 aliphatic carbocycles. The van der Waals surface area contributed by atoms with E-state index >= 15 is 0 Å². The second-order valence-electron chi connectivity index (χ2n) is 7.66. The average molecular weight is 368 g/mol. The number of amides is 1. The van der Waals surface area contributed by atoms with Crippen molar-refractivity contribution in [2.24, 2.45) is 11.8 Å². The van der Waals surface area contributed by atoms with Crippen molar-refractivity contribution >= 4 is 5.91 Å². The molecule has 1 amide bonds. The number of pyridine rings is 1.